The van der Waals surface area contributed by atoms with Gasteiger partial charge in [0.05, 0.1) is 0 Å². The van der Waals surface area contributed by atoms with Crippen molar-refractivity contribution in [2.45, 2.75) is 13.8 Å². The maximum atomic E-state index is 9.59. The van der Waals surface area contributed by atoms with Gasteiger partial charge in [-0.05, 0) is 0 Å². The van der Waals surface area contributed by atoms with E-state index in [9.17, 15) is 10.1 Å². The zero-order valence-corrected chi connectivity index (χ0v) is 4.47. The summed E-state index contributed by atoms with van der Waals surface area (Å²) in [7, 11) is 0. The van der Waals surface area contributed by atoms with E-state index in [1.54, 1.807) is 13.8 Å². The lowest BCUT2D eigenvalue weighted by Gasteiger charge is -1.91. The van der Waals surface area contributed by atoms with Crippen LogP contribution in [0.15, 0.2) is 0 Å². The smallest absolute Gasteiger partial charge is 0.209 e. The van der Waals surface area contributed by atoms with Gasteiger partial charge in [-0.2, -0.15) is 0 Å². The molecule has 0 aliphatic rings. The molecule has 41 valence electrons. The third-order valence-electron chi connectivity index (χ3n) is 0.445. The Morgan fingerprint density at radius 3 is 2.14 bits per heavy atom. The van der Waals surface area contributed by atoms with Crippen molar-refractivity contribution in [3.05, 3.63) is 16.0 Å². The zero-order valence-electron chi connectivity index (χ0n) is 4.47. The summed E-state index contributed by atoms with van der Waals surface area (Å²) in [6.45, 7) is 3.48. The highest BCUT2D eigenvalue weighted by Gasteiger charge is 2.00. The maximum absolute atomic E-state index is 9.59. The minimum absolute atomic E-state index is 0. The van der Waals surface area contributed by atoms with Crippen LogP contribution in [-0.2, 0) is 0 Å². The van der Waals surface area contributed by atoms with Crippen LogP contribution in [-0.4, -0.2) is 11.5 Å². The Balaban J connectivity index is 3.13. The van der Waals surface area contributed by atoms with E-state index in [1.807, 2.05) is 0 Å². The minimum Gasteiger partial charge on any atom is -0.265 e. The first-order valence-electron chi connectivity index (χ1n) is 2.03. The standard InChI is InChI=1S/C4H8NO2/c1-4(2)3-5(6)7/h3H2,1-2H3. The number of nitrogens with zero attached hydrogens (tertiary/aromatic N) is 1. The van der Waals surface area contributed by atoms with E-state index >= 15 is 0 Å². The molecule has 0 heterocycles. The molecule has 0 aromatic heterocycles. The second-order valence-electron chi connectivity index (χ2n) is 1.70. The van der Waals surface area contributed by atoms with Crippen LogP contribution in [0.1, 0.15) is 13.8 Å². The zero-order chi connectivity index (χ0) is 5.86. The summed E-state index contributed by atoms with van der Waals surface area (Å²) in [6.07, 6.45) is 0. The number of nitro groups is 1. The Hall–Kier alpha value is -0.600. The van der Waals surface area contributed by atoms with Gasteiger partial charge in [0.1, 0.15) is 0 Å². The van der Waals surface area contributed by atoms with E-state index in [0.717, 1.165) is 5.92 Å². The van der Waals surface area contributed by atoms with Gasteiger partial charge in [0.15, 0.2) is 0 Å². The van der Waals surface area contributed by atoms with Crippen molar-refractivity contribution in [2.75, 3.05) is 6.54 Å². The lowest BCUT2D eigenvalue weighted by molar-refractivity contribution is -0.474. The molecule has 0 aliphatic heterocycles. The summed E-state index contributed by atoms with van der Waals surface area (Å²) in [5.74, 6) is 0.838. The Kier molecular flexibility index (Phi) is 2.33. The molecule has 0 spiro atoms. The molecule has 0 rings (SSSR count). The van der Waals surface area contributed by atoms with Crippen LogP contribution in [0.2, 0.25) is 0 Å². The molecule has 0 saturated carbocycles. The molecular weight excluding hydrogens is 94.0 g/mol. The number of hydrogen-bond acceptors (Lipinski definition) is 2. The van der Waals surface area contributed by atoms with Crippen molar-refractivity contribution >= 4 is 0 Å². The molecule has 3 nitrogen and oxygen atoms in total. The van der Waals surface area contributed by atoms with Crippen molar-refractivity contribution in [2.24, 2.45) is 0 Å². The van der Waals surface area contributed by atoms with E-state index in [0.29, 0.717) is 0 Å². The van der Waals surface area contributed by atoms with Gasteiger partial charge in [0, 0.05) is 10.8 Å². The van der Waals surface area contributed by atoms with Crippen molar-refractivity contribution in [3.8, 4) is 0 Å². The van der Waals surface area contributed by atoms with Gasteiger partial charge in [-0.3, -0.25) is 10.1 Å². The molecule has 0 aliphatic carbocycles. The predicted octanol–water partition coefficient (Wildman–Crippen LogP) is 0.877. The fraction of sp³-hybridized carbons (Fsp3) is 0.750. The monoisotopic (exact) mass is 102 g/mol. The summed E-state index contributed by atoms with van der Waals surface area (Å²) in [5.41, 5.74) is 0. The van der Waals surface area contributed by atoms with Gasteiger partial charge < -0.3 is 0 Å². The first kappa shape index (κ1) is 6.40. The molecule has 0 aromatic carbocycles. The highest BCUT2D eigenvalue weighted by molar-refractivity contribution is 4.74. The van der Waals surface area contributed by atoms with Gasteiger partial charge >= 0.3 is 0 Å². The molecule has 0 bridgehead atoms. The van der Waals surface area contributed by atoms with Crippen LogP contribution in [0.25, 0.3) is 0 Å². The van der Waals surface area contributed by atoms with E-state index in [4.69, 9.17) is 0 Å². The van der Waals surface area contributed by atoms with Crippen LogP contribution < -0.4 is 0 Å². The first-order valence-corrected chi connectivity index (χ1v) is 2.03. The summed E-state index contributed by atoms with van der Waals surface area (Å²) in [5, 5.41) is 9.59. The van der Waals surface area contributed by atoms with E-state index in [-0.39, 0.29) is 11.5 Å². The quantitative estimate of drug-likeness (QED) is 0.383. The third-order valence-corrected chi connectivity index (χ3v) is 0.445. The first-order chi connectivity index (χ1) is 3.13. The molecule has 0 N–H and O–H groups in total. The van der Waals surface area contributed by atoms with Gasteiger partial charge in [-0.15, -0.1) is 0 Å². The van der Waals surface area contributed by atoms with Crippen molar-refractivity contribution in [1.29, 1.82) is 0 Å². The summed E-state index contributed by atoms with van der Waals surface area (Å²) in [4.78, 5) is 9.26. The summed E-state index contributed by atoms with van der Waals surface area (Å²) in [6, 6.07) is 0. The molecule has 7 heavy (non-hydrogen) atoms. The Morgan fingerprint density at radius 1 is 1.71 bits per heavy atom. The largest absolute Gasteiger partial charge is 0.265 e. The molecule has 0 aromatic rings. The molecule has 0 atom stereocenters. The fourth-order valence-electron chi connectivity index (χ4n) is 0.258. The maximum Gasteiger partial charge on any atom is 0.209 e. The van der Waals surface area contributed by atoms with Crippen molar-refractivity contribution in [3.63, 3.8) is 0 Å². The highest BCUT2D eigenvalue weighted by atomic mass is 16.6. The van der Waals surface area contributed by atoms with Gasteiger partial charge in [0.2, 0.25) is 6.54 Å². The Bertz CT molecular complexity index is 70.1. The topological polar surface area (TPSA) is 43.1 Å². The molecule has 3 heteroatoms. The second kappa shape index (κ2) is 2.55. The second-order valence-corrected chi connectivity index (χ2v) is 1.70. The lowest BCUT2D eigenvalue weighted by Crippen LogP contribution is -2.04. The molecule has 0 amide bonds. The minimum atomic E-state index is -0.338. The van der Waals surface area contributed by atoms with Crippen LogP contribution >= 0.6 is 0 Å². The lowest BCUT2D eigenvalue weighted by atomic mass is 10.2. The van der Waals surface area contributed by atoms with Crippen LogP contribution in [0.4, 0.5) is 0 Å². The molecule has 1 radical (unpaired) electrons. The van der Waals surface area contributed by atoms with Crippen molar-refractivity contribution < 1.29 is 4.92 Å². The van der Waals surface area contributed by atoms with Gasteiger partial charge in [0.25, 0.3) is 0 Å². The summed E-state index contributed by atoms with van der Waals surface area (Å²) >= 11 is 0. The van der Waals surface area contributed by atoms with E-state index in [1.165, 1.54) is 0 Å². The van der Waals surface area contributed by atoms with E-state index < -0.39 is 0 Å². The molecular formula is C4H8NO2. The average Bonchev–Trinajstić information content (AvgIpc) is 1.27. The van der Waals surface area contributed by atoms with Crippen molar-refractivity contribution in [1.82, 2.24) is 0 Å². The van der Waals surface area contributed by atoms with E-state index in [2.05, 4.69) is 0 Å². The Morgan fingerprint density at radius 2 is 2.14 bits per heavy atom. The SMILES string of the molecule is C[C](C)C[N+](=O)[O-]. The molecule has 0 saturated heterocycles. The van der Waals surface area contributed by atoms with Crippen LogP contribution in [0, 0.1) is 16.0 Å². The number of hydrogen-bond donors (Lipinski definition) is 0. The third kappa shape index (κ3) is 5.40. The molecule has 0 unspecified atom stereocenters. The normalized spacial score (nSPS) is 9.57. The van der Waals surface area contributed by atoms with Crippen LogP contribution in [0.3, 0.4) is 0 Å². The number of rotatable bonds is 2. The van der Waals surface area contributed by atoms with Crippen LogP contribution in [0.5, 0.6) is 0 Å². The molecule has 0 fully saturated rings. The van der Waals surface area contributed by atoms with Gasteiger partial charge in [-0.1, -0.05) is 13.8 Å². The fourth-order valence-corrected chi connectivity index (χ4v) is 0.258. The average molecular weight is 102 g/mol. The Labute approximate surface area is 42.5 Å². The highest BCUT2D eigenvalue weighted by Crippen LogP contribution is 1.92. The predicted molar refractivity (Wildman–Crippen MR) is 26.5 cm³/mol. The van der Waals surface area contributed by atoms with Gasteiger partial charge in [-0.25, -0.2) is 0 Å². The summed E-state index contributed by atoms with van der Waals surface area (Å²) < 4.78 is 0.